The van der Waals surface area contributed by atoms with Gasteiger partial charge in [-0.05, 0) is 25.0 Å². The number of aliphatic hydroxyl groups is 1. The molecule has 110 valence electrons. The average molecular weight is 284 g/mol. The molecule has 0 aliphatic carbocycles. The maximum Gasteiger partial charge on any atom is 0.339 e. The molecule has 0 bridgehead atoms. The summed E-state index contributed by atoms with van der Waals surface area (Å²) in [6.07, 6.45) is -0.621. The maximum atomic E-state index is 11.8. The molecular formula is C13H16O7. The molecule has 0 fully saturated rings. The highest BCUT2D eigenvalue weighted by molar-refractivity contribution is 6.03. The Morgan fingerprint density at radius 2 is 2.00 bits per heavy atom. The number of ether oxygens (including phenoxy) is 1. The molecule has 1 aromatic carbocycles. The van der Waals surface area contributed by atoms with Gasteiger partial charge >= 0.3 is 11.9 Å². The molecule has 1 unspecified atom stereocenters. The lowest BCUT2D eigenvalue weighted by atomic mass is 9.97. The van der Waals surface area contributed by atoms with Crippen molar-refractivity contribution in [3.05, 3.63) is 34.9 Å². The summed E-state index contributed by atoms with van der Waals surface area (Å²) >= 11 is 0. The van der Waals surface area contributed by atoms with Crippen molar-refractivity contribution in [3.63, 3.8) is 0 Å². The third kappa shape index (κ3) is 4.30. The van der Waals surface area contributed by atoms with Crippen LogP contribution in [-0.4, -0.2) is 46.7 Å². The molecule has 7 heteroatoms. The van der Waals surface area contributed by atoms with Crippen molar-refractivity contribution in [1.82, 2.24) is 0 Å². The number of hydrogen-bond donors (Lipinski definition) is 3. The second kappa shape index (κ2) is 7.59. The largest absolute Gasteiger partial charge is 0.478 e. The van der Waals surface area contributed by atoms with Crippen molar-refractivity contribution < 1.29 is 34.7 Å². The molecule has 0 spiro atoms. The third-order valence-electron chi connectivity index (χ3n) is 2.51. The number of carbonyl (C=O) groups is 2. The molecule has 1 aromatic rings. The summed E-state index contributed by atoms with van der Waals surface area (Å²) in [7, 11) is 0. The summed E-state index contributed by atoms with van der Waals surface area (Å²) in [4.78, 5) is 26.9. The van der Waals surface area contributed by atoms with Gasteiger partial charge in [-0.3, -0.25) is 5.26 Å². The van der Waals surface area contributed by atoms with E-state index in [1.165, 1.54) is 25.1 Å². The predicted molar refractivity (Wildman–Crippen MR) is 67.6 cm³/mol. The van der Waals surface area contributed by atoms with E-state index in [-0.39, 0.29) is 30.8 Å². The Kier molecular flexibility index (Phi) is 6.10. The zero-order valence-corrected chi connectivity index (χ0v) is 10.9. The molecule has 0 saturated carbocycles. The smallest absolute Gasteiger partial charge is 0.339 e. The first kappa shape index (κ1) is 16.1. The summed E-state index contributed by atoms with van der Waals surface area (Å²) in [6, 6.07) is 4.38. The monoisotopic (exact) mass is 284 g/mol. The number of carboxylic acids is 1. The Balaban J connectivity index is 3.06. The van der Waals surface area contributed by atoms with Crippen molar-refractivity contribution in [2.24, 2.45) is 0 Å². The van der Waals surface area contributed by atoms with Crippen LogP contribution in [0.25, 0.3) is 0 Å². The molecule has 20 heavy (non-hydrogen) atoms. The van der Waals surface area contributed by atoms with Gasteiger partial charge in [-0.25, -0.2) is 14.5 Å². The highest BCUT2D eigenvalue weighted by Crippen LogP contribution is 2.18. The normalized spacial score (nSPS) is 11.9. The van der Waals surface area contributed by atoms with Gasteiger partial charge in [0.15, 0.2) is 0 Å². The first-order chi connectivity index (χ1) is 9.47. The highest BCUT2D eigenvalue weighted by atomic mass is 17.1. The van der Waals surface area contributed by atoms with Crippen LogP contribution < -0.4 is 0 Å². The maximum absolute atomic E-state index is 11.8. The van der Waals surface area contributed by atoms with Crippen LogP contribution in [0.3, 0.4) is 0 Å². The second-order valence-corrected chi connectivity index (χ2v) is 4.17. The third-order valence-corrected chi connectivity index (χ3v) is 2.51. The minimum absolute atomic E-state index is 0.103. The summed E-state index contributed by atoms with van der Waals surface area (Å²) in [5.74, 6) is -2.10. The van der Waals surface area contributed by atoms with Gasteiger partial charge in [-0.15, -0.1) is 0 Å². The van der Waals surface area contributed by atoms with Gasteiger partial charge in [0.1, 0.15) is 13.2 Å². The van der Waals surface area contributed by atoms with Crippen LogP contribution in [0, 0.1) is 0 Å². The summed E-state index contributed by atoms with van der Waals surface area (Å²) in [6.45, 7) is 1.12. The number of carbonyl (C=O) groups excluding carboxylic acids is 1. The zero-order valence-electron chi connectivity index (χ0n) is 10.9. The van der Waals surface area contributed by atoms with Gasteiger partial charge in [0.05, 0.1) is 17.2 Å². The minimum Gasteiger partial charge on any atom is -0.478 e. The molecule has 0 amide bonds. The van der Waals surface area contributed by atoms with Crippen molar-refractivity contribution in [3.8, 4) is 0 Å². The molecule has 0 aliphatic heterocycles. The lowest BCUT2D eigenvalue weighted by Crippen LogP contribution is -2.17. The lowest BCUT2D eigenvalue weighted by molar-refractivity contribution is -0.246. The van der Waals surface area contributed by atoms with Crippen molar-refractivity contribution in [2.75, 3.05) is 13.2 Å². The first-order valence-corrected chi connectivity index (χ1v) is 5.94. The Morgan fingerprint density at radius 3 is 2.55 bits per heavy atom. The van der Waals surface area contributed by atoms with E-state index in [1.54, 1.807) is 0 Å². The zero-order chi connectivity index (χ0) is 15.1. The van der Waals surface area contributed by atoms with Crippen LogP contribution >= 0.6 is 0 Å². The minimum atomic E-state index is -1.27. The number of rotatable bonds is 7. The molecule has 7 nitrogen and oxygen atoms in total. The van der Waals surface area contributed by atoms with Gasteiger partial charge in [0.2, 0.25) is 0 Å². The Labute approximate surface area is 115 Å². The fraction of sp³-hybridized carbons (Fsp3) is 0.385. The Morgan fingerprint density at radius 1 is 1.30 bits per heavy atom. The number of benzene rings is 1. The van der Waals surface area contributed by atoms with E-state index >= 15 is 0 Å². The van der Waals surface area contributed by atoms with Crippen LogP contribution in [0.5, 0.6) is 0 Å². The topological polar surface area (TPSA) is 113 Å². The summed E-state index contributed by atoms with van der Waals surface area (Å²) in [5, 5.41) is 26.7. The Hall–Kier alpha value is -1.96. The molecule has 3 N–H and O–H groups in total. The van der Waals surface area contributed by atoms with Crippen molar-refractivity contribution >= 4 is 11.9 Å². The van der Waals surface area contributed by atoms with Crippen LogP contribution in [0.15, 0.2) is 18.2 Å². The molecule has 0 radical (unpaired) electrons. The van der Waals surface area contributed by atoms with Gasteiger partial charge in [-0.1, -0.05) is 12.1 Å². The fourth-order valence-electron chi connectivity index (χ4n) is 1.76. The average Bonchev–Trinajstić information content (AvgIpc) is 2.37. The molecule has 0 aromatic heterocycles. The number of aromatic carboxylic acids is 1. The van der Waals surface area contributed by atoms with Crippen molar-refractivity contribution in [2.45, 2.75) is 19.4 Å². The summed E-state index contributed by atoms with van der Waals surface area (Å²) < 4.78 is 4.77. The quantitative estimate of drug-likeness (QED) is 0.296. The SMILES string of the molecule is CC(O)Cc1cccc(C(=O)OCCOO)c1C(=O)O. The van der Waals surface area contributed by atoms with Gasteiger partial charge in [-0.2, -0.15) is 0 Å². The van der Waals surface area contributed by atoms with Crippen LogP contribution in [0.2, 0.25) is 0 Å². The van der Waals surface area contributed by atoms with Crippen LogP contribution in [0.1, 0.15) is 33.2 Å². The molecule has 0 saturated heterocycles. The molecule has 1 atom stereocenters. The molecular weight excluding hydrogens is 268 g/mol. The molecule has 0 aliphatic rings. The lowest BCUT2D eigenvalue weighted by Gasteiger charge is -2.12. The summed E-state index contributed by atoms with van der Waals surface area (Å²) in [5.41, 5.74) is 0.0530. The first-order valence-electron chi connectivity index (χ1n) is 5.94. The van der Waals surface area contributed by atoms with E-state index in [4.69, 9.17) is 9.99 Å². The van der Waals surface area contributed by atoms with E-state index in [0.29, 0.717) is 5.56 Å². The Bertz CT molecular complexity index is 482. The van der Waals surface area contributed by atoms with E-state index in [9.17, 15) is 19.8 Å². The van der Waals surface area contributed by atoms with E-state index in [0.717, 1.165) is 0 Å². The molecule has 0 heterocycles. The highest BCUT2D eigenvalue weighted by Gasteiger charge is 2.21. The van der Waals surface area contributed by atoms with E-state index in [1.807, 2.05) is 0 Å². The molecule has 1 rings (SSSR count). The predicted octanol–water partition coefficient (Wildman–Crippen LogP) is 0.955. The standard InChI is InChI=1S/C13H16O7/c1-8(14)7-9-3-2-4-10(11(9)12(15)16)13(17)19-5-6-20-18/h2-4,8,14,18H,5-7H2,1H3,(H,15,16). The second-order valence-electron chi connectivity index (χ2n) is 4.17. The number of aliphatic hydroxyl groups excluding tert-OH is 1. The van der Waals surface area contributed by atoms with Gasteiger partial charge in [0, 0.05) is 0 Å². The van der Waals surface area contributed by atoms with Crippen molar-refractivity contribution in [1.29, 1.82) is 0 Å². The fourth-order valence-corrected chi connectivity index (χ4v) is 1.76. The van der Waals surface area contributed by atoms with Gasteiger partial charge < -0.3 is 14.9 Å². The number of esters is 1. The van der Waals surface area contributed by atoms with Crippen LogP contribution in [-0.2, 0) is 16.0 Å². The van der Waals surface area contributed by atoms with Crippen LogP contribution in [0.4, 0.5) is 0 Å². The van der Waals surface area contributed by atoms with E-state index in [2.05, 4.69) is 4.89 Å². The van der Waals surface area contributed by atoms with E-state index < -0.39 is 18.0 Å². The number of hydrogen-bond acceptors (Lipinski definition) is 6. The van der Waals surface area contributed by atoms with Gasteiger partial charge in [0.25, 0.3) is 0 Å². The number of carboxylic acid groups (broad SMARTS) is 1.